The summed E-state index contributed by atoms with van der Waals surface area (Å²) in [5.41, 5.74) is 3.30. The van der Waals surface area contributed by atoms with E-state index < -0.39 is 16.8 Å². The van der Waals surface area contributed by atoms with Crippen LogP contribution < -0.4 is 14.9 Å². The highest BCUT2D eigenvalue weighted by atomic mass is 16.6. The summed E-state index contributed by atoms with van der Waals surface area (Å²) < 4.78 is 11.0. The van der Waals surface area contributed by atoms with Crippen molar-refractivity contribution in [2.24, 2.45) is 5.10 Å². The summed E-state index contributed by atoms with van der Waals surface area (Å²) in [6, 6.07) is 18.6. The number of hydrogen-bond acceptors (Lipinski definition) is 7. The van der Waals surface area contributed by atoms with E-state index in [-0.39, 0.29) is 11.3 Å². The number of nitro groups is 1. The average Bonchev–Trinajstić information content (AvgIpc) is 2.85. The molecule has 3 aromatic carbocycles. The summed E-state index contributed by atoms with van der Waals surface area (Å²) in [6.07, 6.45) is 3.41. The second kappa shape index (κ2) is 11.9. The molecule has 0 aliphatic rings. The van der Waals surface area contributed by atoms with Gasteiger partial charge in [0.25, 0.3) is 11.6 Å². The molecule has 3 aromatic rings. The van der Waals surface area contributed by atoms with Crippen LogP contribution in [0, 0.1) is 10.1 Å². The van der Waals surface area contributed by atoms with Crippen LogP contribution in [0.25, 0.3) is 0 Å². The SMILES string of the molecule is CCCCOc1ccc(C(=O)Oc2ccc(/C=N/NC(=O)c3cccc([N+](=O)[O-])c3)cc2)cc1. The van der Waals surface area contributed by atoms with Crippen LogP contribution in [0.1, 0.15) is 46.0 Å². The highest BCUT2D eigenvalue weighted by molar-refractivity contribution is 5.95. The highest BCUT2D eigenvalue weighted by Crippen LogP contribution is 2.17. The molecule has 1 amide bonds. The number of amides is 1. The van der Waals surface area contributed by atoms with Gasteiger partial charge in [-0.1, -0.05) is 19.4 Å². The second-order valence-electron chi connectivity index (χ2n) is 7.19. The molecule has 3 rings (SSSR count). The molecule has 174 valence electrons. The molecule has 9 heteroatoms. The van der Waals surface area contributed by atoms with Crippen LogP contribution in [0.3, 0.4) is 0 Å². The van der Waals surface area contributed by atoms with Gasteiger partial charge in [-0.3, -0.25) is 14.9 Å². The Morgan fingerprint density at radius 2 is 1.71 bits per heavy atom. The van der Waals surface area contributed by atoms with Crippen molar-refractivity contribution in [2.45, 2.75) is 19.8 Å². The lowest BCUT2D eigenvalue weighted by Crippen LogP contribution is -2.17. The molecule has 9 nitrogen and oxygen atoms in total. The number of unbranched alkanes of at least 4 members (excludes halogenated alkanes) is 1. The van der Waals surface area contributed by atoms with Gasteiger partial charge in [-0.25, -0.2) is 10.2 Å². The van der Waals surface area contributed by atoms with Gasteiger partial charge in [0.15, 0.2) is 0 Å². The van der Waals surface area contributed by atoms with E-state index in [2.05, 4.69) is 17.5 Å². The van der Waals surface area contributed by atoms with E-state index in [4.69, 9.17) is 9.47 Å². The van der Waals surface area contributed by atoms with Gasteiger partial charge < -0.3 is 9.47 Å². The molecular weight excluding hydrogens is 438 g/mol. The summed E-state index contributed by atoms with van der Waals surface area (Å²) >= 11 is 0. The first-order chi connectivity index (χ1) is 16.5. The van der Waals surface area contributed by atoms with Crippen molar-refractivity contribution < 1.29 is 24.0 Å². The normalized spacial score (nSPS) is 10.6. The Labute approximate surface area is 196 Å². The van der Waals surface area contributed by atoms with Gasteiger partial charge in [0.2, 0.25) is 0 Å². The lowest BCUT2D eigenvalue weighted by molar-refractivity contribution is -0.384. The first-order valence-electron chi connectivity index (χ1n) is 10.6. The standard InChI is InChI=1S/C25H23N3O6/c1-2-3-15-33-22-13-9-19(10-14-22)25(30)34-23-11-7-18(8-12-23)17-26-27-24(29)20-5-4-6-21(16-20)28(31)32/h4-14,16-17H,2-3,15H2,1H3,(H,27,29)/b26-17+. The Balaban J connectivity index is 1.52. The van der Waals surface area contributed by atoms with E-state index in [1.54, 1.807) is 48.5 Å². The van der Waals surface area contributed by atoms with Gasteiger partial charge in [0.1, 0.15) is 11.5 Å². The van der Waals surface area contributed by atoms with Gasteiger partial charge >= 0.3 is 5.97 Å². The lowest BCUT2D eigenvalue weighted by Gasteiger charge is -2.07. The predicted molar refractivity (Wildman–Crippen MR) is 126 cm³/mol. The first-order valence-corrected chi connectivity index (χ1v) is 10.6. The maximum absolute atomic E-state index is 12.3. The van der Waals surface area contributed by atoms with Crippen LogP contribution in [0.2, 0.25) is 0 Å². The van der Waals surface area contributed by atoms with E-state index >= 15 is 0 Å². The van der Waals surface area contributed by atoms with Crippen molar-refractivity contribution in [3.63, 3.8) is 0 Å². The van der Waals surface area contributed by atoms with Crippen LogP contribution >= 0.6 is 0 Å². The van der Waals surface area contributed by atoms with Crippen LogP contribution in [0.5, 0.6) is 11.5 Å². The number of non-ortho nitro benzene ring substituents is 1. The topological polar surface area (TPSA) is 120 Å². The van der Waals surface area contributed by atoms with Crippen LogP contribution in [0.4, 0.5) is 5.69 Å². The van der Waals surface area contributed by atoms with Crippen LogP contribution in [0.15, 0.2) is 77.9 Å². The summed E-state index contributed by atoms with van der Waals surface area (Å²) in [4.78, 5) is 34.7. The molecule has 34 heavy (non-hydrogen) atoms. The van der Waals surface area contributed by atoms with Crippen molar-refractivity contribution in [2.75, 3.05) is 6.61 Å². The minimum absolute atomic E-state index is 0.120. The number of benzene rings is 3. The summed E-state index contributed by atoms with van der Waals surface area (Å²) in [5, 5.41) is 14.7. The fourth-order valence-electron chi connectivity index (χ4n) is 2.80. The number of hydrogen-bond donors (Lipinski definition) is 1. The van der Waals surface area contributed by atoms with Crippen molar-refractivity contribution in [3.05, 3.63) is 99.6 Å². The Kier molecular flexibility index (Phi) is 8.45. The quantitative estimate of drug-likeness (QED) is 0.116. The number of carbonyl (C=O) groups is 2. The molecule has 0 aliphatic heterocycles. The number of ether oxygens (including phenoxy) is 2. The summed E-state index contributed by atoms with van der Waals surface area (Å²) in [6.45, 7) is 2.72. The number of esters is 1. The molecule has 0 unspecified atom stereocenters. The summed E-state index contributed by atoms with van der Waals surface area (Å²) in [7, 11) is 0. The number of carbonyl (C=O) groups excluding carboxylic acids is 2. The van der Waals surface area contributed by atoms with Crippen LogP contribution in [-0.2, 0) is 0 Å². The fraction of sp³-hybridized carbons (Fsp3) is 0.160. The number of rotatable bonds is 10. The minimum Gasteiger partial charge on any atom is -0.494 e. The molecule has 0 aliphatic carbocycles. The van der Waals surface area contributed by atoms with Gasteiger partial charge in [-0.2, -0.15) is 5.10 Å². The Morgan fingerprint density at radius 1 is 1.00 bits per heavy atom. The molecule has 0 atom stereocenters. The van der Waals surface area contributed by atoms with Crippen molar-refractivity contribution in [3.8, 4) is 11.5 Å². The molecule has 0 bridgehead atoms. The third-order valence-corrected chi connectivity index (χ3v) is 4.65. The zero-order valence-electron chi connectivity index (χ0n) is 18.5. The number of hydrazone groups is 1. The van der Waals surface area contributed by atoms with Crippen molar-refractivity contribution in [1.82, 2.24) is 5.43 Å². The van der Waals surface area contributed by atoms with Gasteiger partial charge in [-0.15, -0.1) is 0 Å². The van der Waals surface area contributed by atoms with E-state index in [0.29, 0.717) is 29.2 Å². The molecule has 1 N–H and O–H groups in total. The van der Waals surface area contributed by atoms with E-state index in [1.807, 2.05) is 0 Å². The average molecular weight is 461 g/mol. The Bertz CT molecular complexity index is 1170. The predicted octanol–water partition coefficient (Wildman–Crippen LogP) is 4.76. The number of nitro benzene ring substituents is 1. The summed E-state index contributed by atoms with van der Waals surface area (Å²) in [5.74, 6) is -0.0182. The molecule has 0 spiro atoms. The molecule has 0 radical (unpaired) electrons. The smallest absolute Gasteiger partial charge is 0.343 e. The first kappa shape index (κ1) is 24.1. The molecular formula is C25H23N3O6. The van der Waals surface area contributed by atoms with E-state index in [0.717, 1.165) is 12.8 Å². The third kappa shape index (κ3) is 6.99. The minimum atomic E-state index is -0.577. The molecule has 0 heterocycles. The molecule has 0 saturated carbocycles. The highest BCUT2D eigenvalue weighted by Gasteiger charge is 2.11. The Morgan fingerprint density at radius 3 is 2.38 bits per heavy atom. The maximum Gasteiger partial charge on any atom is 0.343 e. The zero-order valence-corrected chi connectivity index (χ0v) is 18.5. The van der Waals surface area contributed by atoms with E-state index in [1.165, 1.54) is 30.5 Å². The lowest BCUT2D eigenvalue weighted by atomic mass is 10.2. The maximum atomic E-state index is 12.3. The number of nitrogens with one attached hydrogen (secondary N) is 1. The monoisotopic (exact) mass is 461 g/mol. The fourth-order valence-corrected chi connectivity index (χ4v) is 2.80. The van der Waals surface area contributed by atoms with Gasteiger partial charge in [-0.05, 0) is 66.6 Å². The Hall–Kier alpha value is -4.53. The largest absolute Gasteiger partial charge is 0.494 e. The van der Waals surface area contributed by atoms with Crippen molar-refractivity contribution in [1.29, 1.82) is 0 Å². The van der Waals surface area contributed by atoms with Crippen molar-refractivity contribution >= 4 is 23.8 Å². The zero-order chi connectivity index (χ0) is 24.3. The van der Waals surface area contributed by atoms with Crippen LogP contribution in [-0.4, -0.2) is 29.6 Å². The molecule has 0 aromatic heterocycles. The third-order valence-electron chi connectivity index (χ3n) is 4.65. The van der Waals surface area contributed by atoms with Gasteiger partial charge in [0, 0.05) is 17.7 Å². The molecule has 0 saturated heterocycles. The van der Waals surface area contributed by atoms with E-state index in [9.17, 15) is 19.7 Å². The number of nitrogens with zero attached hydrogens (tertiary/aromatic N) is 2. The molecule has 0 fully saturated rings. The van der Waals surface area contributed by atoms with Gasteiger partial charge in [0.05, 0.1) is 23.3 Å². The second-order valence-corrected chi connectivity index (χ2v) is 7.19.